The molecule has 1 atom stereocenters. The first-order valence-electron chi connectivity index (χ1n) is 7.90. The zero-order valence-corrected chi connectivity index (χ0v) is 14.0. The van der Waals surface area contributed by atoms with Crippen molar-refractivity contribution < 1.29 is 9.53 Å². The van der Waals surface area contributed by atoms with E-state index in [1.165, 1.54) is 11.3 Å². The van der Waals surface area contributed by atoms with Crippen molar-refractivity contribution >= 4 is 17.3 Å². The van der Waals surface area contributed by atoms with E-state index in [0.717, 1.165) is 36.5 Å². The Balaban J connectivity index is 1.70. The third kappa shape index (κ3) is 3.92. The van der Waals surface area contributed by atoms with E-state index < -0.39 is 0 Å². The Kier molecular flexibility index (Phi) is 5.30. The number of likely N-dealkylation sites (tertiary alicyclic amines) is 1. The summed E-state index contributed by atoms with van der Waals surface area (Å²) in [5.74, 6) is 0.526. The van der Waals surface area contributed by atoms with Crippen molar-refractivity contribution in [3.63, 3.8) is 0 Å². The fourth-order valence-electron chi connectivity index (χ4n) is 2.79. The molecule has 0 unspecified atom stereocenters. The average molecular weight is 332 g/mol. The Labute approximate surface area is 139 Å². The van der Waals surface area contributed by atoms with E-state index in [4.69, 9.17) is 4.74 Å². The molecule has 2 aromatic rings. The van der Waals surface area contributed by atoms with Gasteiger partial charge in [0.05, 0.1) is 12.3 Å². The molecule has 1 aliphatic rings. The van der Waals surface area contributed by atoms with Gasteiger partial charge < -0.3 is 4.74 Å². The van der Waals surface area contributed by atoms with E-state index in [0.29, 0.717) is 19.0 Å². The Bertz CT molecular complexity index is 647. The highest BCUT2D eigenvalue weighted by atomic mass is 32.1. The van der Waals surface area contributed by atoms with Crippen molar-refractivity contribution in [1.29, 1.82) is 0 Å². The molecule has 7 heteroatoms. The van der Waals surface area contributed by atoms with Crippen LogP contribution >= 0.6 is 11.3 Å². The predicted octanol–water partition coefficient (Wildman–Crippen LogP) is 2.52. The summed E-state index contributed by atoms with van der Waals surface area (Å²) in [6, 6.07) is 1.64. The van der Waals surface area contributed by atoms with Crippen molar-refractivity contribution in [2.45, 2.75) is 38.8 Å². The quantitative estimate of drug-likeness (QED) is 0.784. The number of nitrogens with zero attached hydrogens (tertiary/aromatic N) is 4. The summed E-state index contributed by atoms with van der Waals surface area (Å²) in [7, 11) is 0. The van der Waals surface area contributed by atoms with Crippen LogP contribution in [0.1, 0.15) is 31.9 Å². The Hall–Kier alpha value is -1.86. The van der Waals surface area contributed by atoms with Gasteiger partial charge in [-0.3, -0.25) is 9.69 Å². The third-order valence-electron chi connectivity index (χ3n) is 3.85. The van der Waals surface area contributed by atoms with Crippen LogP contribution in [-0.2, 0) is 16.1 Å². The highest BCUT2D eigenvalue weighted by Crippen LogP contribution is 2.24. The molecule has 0 N–H and O–H groups in total. The SMILES string of the molecule is CCOC(=O)[C@@H]1CCCCN1Cc1csc(-c2ncccn2)n1. The number of hydrogen-bond acceptors (Lipinski definition) is 7. The molecular formula is C16H20N4O2S. The van der Waals surface area contributed by atoms with Gasteiger partial charge in [0.25, 0.3) is 0 Å². The number of carbonyl (C=O) groups excluding carboxylic acids is 1. The molecule has 3 rings (SSSR count). The smallest absolute Gasteiger partial charge is 0.323 e. The van der Waals surface area contributed by atoms with Gasteiger partial charge in [0, 0.05) is 24.3 Å². The molecule has 0 saturated carbocycles. The van der Waals surface area contributed by atoms with Gasteiger partial charge in [-0.2, -0.15) is 0 Å². The van der Waals surface area contributed by atoms with E-state index in [2.05, 4.69) is 19.9 Å². The molecule has 0 amide bonds. The van der Waals surface area contributed by atoms with Gasteiger partial charge in [-0.25, -0.2) is 15.0 Å². The van der Waals surface area contributed by atoms with E-state index in [-0.39, 0.29) is 12.0 Å². The fraction of sp³-hybridized carbons (Fsp3) is 0.500. The summed E-state index contributed by atoms with van der Waals surface area (Å²) in [5.41, 5.74) is 0.952. The first-order chi connectivity index (χ1) is 11.3. The Morgan fingerprint density at radius 3 is 3.00 bits per heavy atom. The molecule has 1 saturated heterocycles. The summed E-state index contributed by atoms with van der Waals surface area (Å²) in [6.07, 6.45) is 6.46. The van der Waals surface area contributed by atoms with Crippen molar-refractivity contribution in [3.8, 4) is 10.8 Å². The number of carbonyl (C=O) groups is 1. The summed E-state index contributed by atoms with van der Waals surface area (Å²) in [5, 5.41) is 2.83. The molecule has 0 aliphatic carbocycles. The maximum Gasteiger partial charge on any atom is 0.323 e. The molecule has 0 bridgehead atoms. The Morgan fingerprint density at radius 1 is 1.39 bits per heavy atom. The molecule has 3 heterocycles. The highest BCUT2D eigenvalue weighted by molar-refractivity contribution is 7.13. The minimum Gasteiger partial charge on any atom is -0.465 e. The zero-order chi connectivity index (χ0) is 16.1. The number of aromatic nitrogens is 3. The summed E-state index contributed by atoms with van der Waals surface area (Å²) in [6.45, 7) is 3.83. The van der Waals surface area contributed by atoms with E-state index in [9.17, 15) is 4.79 Å². The first-order valence-corrected chi connectivity index (χ1v) is 8.78. The minimum atomic E-state index is -0.151. The van der Waals surface area contributed by atoms with Crippen molar-refractivity contribution in [2.75, 3.05) is 13.2 Å². The second-order valence-corrected chi connectivity index (χ2v) is 6.31. The number of rotatable bonds is 5. The molecule has 0 spiro atoms. The molecule has 23 heavy (non-hydrogen) atoms. The number of ether oxygens (including phenoxy) is 1. The van der Waals surface area contributed by atoms with Crippen LogP contribution in [0.25, 0.3) is 10.8 Å². The van der Waals surface area contributed by atoms with Gasteiger partial charge in [-0.05, 0) is 32.4 Å². The third-order valence-corrected chi connectivity index (χ3v) is 4.73. The minimum absolute atomic E-state index is 0.117. The highest BCUT2D eigenvalue weighted by Gasteiger charge is 2.30. The van der Waals surface area contributed by atoms with Crippen LogP contribution in [0.2, 0.25) is 0 Å². The maximum absolute atomic E-state index is 12.1. The molecule has 6 nitrogen and oxygen atoms in total. The second-order valence-electron chi connectivity index (χ2n) is 5.45. The van der Waals surface area contributed by atoms with Gasteiger partial charge in [-0.1, -0.05) is 6.42 Å². The van der Waals surface area contributed by atoms with Crippen LogP contribution in [-0.4, -0.2) is 45.0 Å². The predicted molar refractivity (Wildman–Crippen MR) is 87.8 cm³/mol. The van der Waals surface area contributed by atoms with Gasteiger partial charge in [-0.15, -0.1) is 11.3 Å². The maximum atomic E-state index is 12.1. The average Bonchev–Trinajstić information content (AvgIpc) is 3.05. The second kappa shape index (κ2) is 7.61. The summed E-state index contributed by atoms with van der Waals surface area (Å²) < 4.78 is 5.21. The molecule has 2 aromatic heterocycles. The van der Waals surface area contributed by atoms with Crippen LogP contribution in [0.5, 0.6) is 0 Å². The molecule has 1 fully saturated rings. The number of thiazole rings is 1. The van der Waals surface area contributed by atoms with Crippen molar-refractivity contribution in [3.05, 3.63) is 29.5 Å². The standard InChI is InChI=1S/C16H20N4O2S/c1-2-22-16(21)13-6-3-4-9-20(13)10-12-11-23-15(19-12)14-17-7-5-8-18-14/h5,7-8,11,13H,2-4,6,9-10H2,1H3/t13-/m0/s1. The van der Waals surface area contributed by atoms with Crippen LogP contribution in [0.15, 0.2) is 23.8 Å². The van der Waals surface area contributed by atoms with Crippen LogP contribution in [0.3, 0.4) is 0 Å². The van der Waals surface area contributed by atoms with Crippen LogP contribution < -0.4 is 0 Å². The van der Waals surface area contributed by atoms with Gasteiger partial charge in [0.1, 0.15) is 6.04 Å². The summed E-state index contributed by atoms with van der Waals surface area (Å²) >= 11 is 1.53. The molecule has 0 radical (unpaired) electrons. The lowest BCUT2D eigenvalue weighted by Gasteiger charge is -2.33. The number of hydrogen-bond donors (Lipinski definition) is 0. The van der Waals surface area contributed by atoms with E-state index >= 15 is 0 Å². The molecule has 0 aromatic carbocycles. The topological polar surface area (TPSA) is 68.2 Å². The molecule has 1 aliphatic heterocycles. The number of piperidine rings is 1. The Morgan fingerprint density at radius 2 is 2.22 bits per heavy atom. The lowest BCUT2D eigenvalue weighted by atomic mass is 10.0. The van der Waals surface area contributed by atoms with Gasteiger partial charge in [0.2, 0.25) is 0 Å². The van der Waals surface area contributed by atoms with Crippen molar-refractivity contribution in [1.82, 2.24) is 19.9 Å². The lowest BCUT2D eigenvalue weighted by molar-refractivity contribution is -0.151. The monoisotopic (exact) mass is 332 g/mol. The van der Waals surface area contributed by atoms with Gasteiger partial charge in [0.15, 0.2) is 10.8 Å². The lowest BCUT2D eigenvalue weighted by Crippen LogP contribution is -2.45. The normalized spacial score (nSPS) is 18.7. The van der Waals surface area contributed by atoms with Crippen molar-refractivity contribution in [2.24, 2.45) is 0 Å². The van der Waals surface area contributed by atoms with E-state index in [1.54, 1.807) is 18.5 Å². The first kappa shape index (κ1) is 16.0. The zero-order valence-electron chi connectivity index (χ0n) is 13.1. The number of esters is 1. The van der Waals surface area contributed by atoms with Gasteiger partial charge >= 0.3 is 5.97 Å². The van der Waals surface area contributed by atoms with Crippen LogP contribution in [0, 0.1) is 0 Å². The van der Waals surface area contributed by atoms with E-state index in [1.807, 2.05) is 12.3 Å². The fourth-order valence-corrected chi connectivity index (χ4v) is 3.54. The molecule has 122 valence electrons. The largest absolute Gasteiger partial charge is 0.465 e. The molecular weight excluding hydrogens is 312 g/mol. The summed E-state index contributed by atoms with van der Waals surface area (Å²) in [4.78, 5) is 27.4. The van der Waals surface area contributed by atoms with Crippen LogP contribution in [0.4, 0.5) is 0 Å².